The summed E-state index contributed by atoms with van der Waals surface area (Å²) in [5.41, 5.74) is -3.21. The van der Waals surface area contributed by atoms with Crippen LogP contribution < -0.4 is 0 Å². The fourth-order valence-electron chi connectivity index (χ4n) is 17.0. The zero-order valence-corrected chi connectivity index (χ0v) is 85.7. The highest BCUT2D eigenvalue weighted by atomic mass is 16.6. The Balaban J connectivity index is -0.0000000606. The van der Waals surface area contributed by atoms with E-state index in [2.05, 4.69) is 90.0 Å². The first-order valence-electron chi connectivity index (χ1n) is 49.2. The minimum Gasteiger partial charge on any atom is -0.459 e. The lowest BCUT2D eigenvalue weighted by Crippen LogP contribution is -2.49. The van der Waals surface area contributed by atoms with Gasteiger partial charge in [0, 0.05) is 5.41 Å². The Morgan fingerprint density at radius 1 is 0.242 bits per heavy atom. The van der Waals surface area contributed by atoms with Crippen molar-refractivity contribution in [3.8, 4) is 0 Å². The van der Waals surface area contributed by atoms with Gasteiger partial charge in [-0.3, -0.25) is 28.8 Å². The van der Waals surface area contributed by atoms with Crippen molar-refractivity contribution in [1.82, 2.24) is 0 Å². The highest BCUT2D eigenvalue weighted by Gasteiger charge is 2.69. The number of rotatable bonds is 22. The summed E-state index contributed by atoms with van der Waals surface area (Å²) >= 11 is 0. The molecule has 0 aromatic heterocycles. The van der Waals surface area contributed by atoms with E-state index in [0.29, 0.717) is 29.6 Å². The highest BCUT2D eigenvalue weighted by Crippen LogP contribution is 2.71. The first-order chi connectivity index (χ1) is 53.8. The molecule has 132 heavy (non-hydrogen) atoms. The molecular formula is C120H268O12. The van der Waals surface area contributed by atoms with Gasteiger partial charge in [-0.1, -0.05) is 348 Å². The molecule has 0 amide bonds. The average Bonchev–Trinajstić information content (AvgIpc) is 1.53. The molecule has 0 radical (unpaired) electrons. The number of ether oxygens (including phenoxy) is 6. The first-order valence-corrected chi connectivity index (χ1v) is 49.2. The molecule has 12 nitrogen and oxygen atoms in total. The first kappa shape index (κ1) is 178. The topological polar surface area (TPSA) is 158 Å². The number of hydrogen-bond donors (Lipinski definition) is 0. The molecule has 820 valence electrons. The van der Waals surface area contributed by atoms with Crippen LogP contribution in [0.3, 0.4) is 0 Å². The van der Waals surface area contributed by atoms with Gasteiger partial charge in [0.05, 0.1) is 32.5 Å². The predicted octanol–water partition coefficient (Wildman–Crippen LogP) is 42.4. The molecule has 2 bridgehead atoms. The van der Waals surface area contributed by atoms with Crippen LogP contribution in [0, 0.1) is 72.9 Å². The van der Waals surface area contributed by atoms with Crippen LogP contribution in [0.5, 0.6) is 0 Å². The number of hydrogen-bond acceptors (Lipinski definition) is 12. The van der Waals surface area contributed by atoms with Crippen molar-refractivity contribution in [1.29, 1.82) is 0 Å². The third kappa shape index (κ3) is 55.1. The smallest absolute Gasteiger partial charge is 0.312 e. The molecule has 0 heterocycles. The quantitative estimate of drug-likeness (QED) is 0.0575. The van der Waals surface area contributed by atoms with E-state index in [4.69, 9.17) is 28.4 Å². The Kier molecular flexibility index (Phi) is 111. The maximum absolute atomic E-state index is 12.8. The zero-order valence-electron chi connectivity index (χ0n) is 85.7. The van der Waals surface area contributed by atoms with Crippen LogP contribution in [0.1, 0.15) is 647 Å². The molecule has 3 atom stereocenters. The predicted molar refractivity (Wildman–Crippen MR) is 606 cm³/mol. The summed E-state index contributed by atoms with van der Waals surface area (Å²) < 4.78 is 35.3. The molecule has 0 spiro atoms. The molecule has 12 heteroatoms. The molecule has 8 rings (SSSR count). The molecule has 0 aliphatic heterocycles. The van der Waals surface area contributed by atoms with Crippen molar-refractivity contribution in [3.63, 3.8) is 0 Å². The van der Waals surface area contributed by atoms with Gasteiger partial charge in [0.2, 0.25) is 0 Å². The minimum absolute atomic E-state index is 0. The SMILES string of the molecule is C.C.C.C.C.C.C.C.C.C.C.C.C.C.C.C.CC.CC.CC.CC.CC.CC.CCC(C)(C)C(=O)OC(C)(C)C1CCCC1.CCC(C)(C)C(=O)OC(C)(C)C1CCCCC1.CCC(C)(C)C(=O)OC(C)(C1CCCCC1)C1CCCCC1.CCC(C)(C)C(=O)OC1(C)CC2CCC1(C)C2(C)C.CCC(C)(C)C(=O)OC1(C)CCCC1.CCC(C)(C)C(=O)OC1(C)CCCCCC1. The molecule has 0 aromatic carbocycles. The average molecular weight is 1900 g/mol. The Bertz CT molecular complexity index is 2580. The van der Waals surface area contributed by atoms with Gasteiger partial charge in [-0.05, 0) is 334 Å². The lowest BCUT2D eigenvalue weighted by molar-refractivity contribution is -0.187. The third-order valence-corrected chi connectivity index (χ3v) is 29.5. The Hall–Kier alpha value is -3.18. The minimum atomic E-state index is -0.370. The van der Waals surface area contributed by atoms with Crippen molar-refractivity contribution in [2.24, 2.45) is 72.9 Å². The van der Waals surface area contributed by atoms with Crippen molar-refractivity contribution in [2.75, 3.05) is 0 Å². The van der Waals surface area contributed by atoms with Gasteiger partial charge >= 0.3 is 35.8 Å². The van der Waals surface area contributed by atoms with Crippen molar-refractivity contribution in [3.05, 3.63) is 0 Å². The number of fused-ring (bicyclic) bond motifs is 2. The van der Waals surface area contributed by atoms with E-state index < -0.39 is 0 Å². The molecule has 8 aliphatic rings. The van der Waals surface area contributed by atoms with E-state index in [-0.39, 0.29) is 232 Å². The second kappa shape index (κ2) is 82.5. The van der Waals surface area contributed by atoms with Crippen LogP contribution in [0.2, 0.25) is 0 Å². The third-order valence-electron chi connectivity index (χ3n) is 29.5. The lowest BCUT2D eigenvalue weighted by Gasteiger charge is -2.47. The van der Waals surface area contributed by atoms with Gasteiger partial charge in [-0.25, -0.2) is 0 Å². The van der Waals surface area contributed by atoms with Crippen molar-refractivity contribution >= 4 is 35.8 Å². The summed E-state index contributed by atoms with van der Waals surface area (Å²) in [6.45, 7) is 83.9. The van der Waals surface area contributed by atoms with Gasteiger partial charge in [0.1, 0.15) is 33.6 Å². The van der Waals surface area contributed by atoms with Crippen LogP contribution in [-0.4, -0.2) is 69.4 Å². The summed E-state index contributed by atoms with van der Waals surface area (Å²) in [5, 5.41) is 0. The molecule has 8 saturated carbocycles. The van der Waals surface area contributed by atoms with Crippen molar-refractivity contribution in [2.45, 2.75) is 680 Å². The summed E-state index contributed by atoms with van der Waals surface area (Å²) in [7, 11) is 0. The van der Waals surface area contributed by atoms with Gasteiger partial charge in [0.25, 0.3) is 0 Å². The molecule has 0 N–H and O–H groups in total. The fraction of sp³-hybridized carbons (Fsp3) is 0.950. The zero-order chi connectivity index (χ0) is 91.5. The summed E-state index contributed by atoms with van der Waals surface area (Å²) in [6.07, 6.45) is 44.1. The summed E-state index contributed by atoms with van der Waals surface area (Å²) in [6, 6.07) is 0. The van der Waals surface area contributed by atoms with Crippen LogP contribution in [0.4, 0.5) is 0 Å². The van der Waals surface area contributed by atoms with Crippen LogP contribution in [-0.2, 0) is 57.2 Å². The van der Waals surface area contributed by atoms with Gasteiger partial charge in [-0.15, -0.1) is 0 Å². The largest absolute Gasteiger partial charge is 0.459 e. The maximum atomic E-state index is 12.8. The second-order valence-electron chi connectivity index (χ2n) is 40.9. The van der Waals surface area contributed by atoms with Gasteiger partial charge in [-0.2, -0.15) is 0 Å². The Labute approximate surface area is 841 Å². The molecule has 0 saturated heterocycles. The van der Waals surface area contributed by atoms with Crippen LogP contribution >= 0.6 is 0 Å². The van der Waals surface area contributed by atoms with Crippen LogP contribution in [0.15, 0.2) is 0 Å². The maximum Gasteiger partial charge on any atom is 0.312 e. The standard InChI is InChI=1S/C20H36O2.C17H30O2.C15H28O2.2C14H26O2.C12H22O2.6C2H6.16CH4/c1-5-19(2,3)18(21)22-20(4,16-12-8-6-9-13-16)17-14-10-7-11-15-17;1-8-14(2,3)13(18)19-17(7)11-12-9-10-16(17,6)15(12,4)5;1-6-14(2,3)13(16)17-15(4,5)12-10-8-7-9-11-12;1-6-13(2,3)12(15)16-14(4,5)11-9-7-8-10-11;1-5-13(2,3)12(15)16-14(4)10-8-6-7-9-11-14;1-5-11(2,3)10(13)14-12(4)8-6-7-9-12;6*1-2;;;;;;;;;;;;;;;;/h16-17H,5-15H2,1-4H3;12H,8-11H2,1-7H3;12H,6-11H2,1-5H3;11H,6-10H2,1-5H3;5-11H2,1-4H3;5-9H2,1-4H3;6*1-2H3;16*1H4. The number of carbonyl (C=O) groups excluding carboxylic acids is 6. The second-order valence-corrected chi connectivity index (χ2v) is 40.9. The van der Waals surface area contributed by atoms with E-state index in [1.807, 2.05) is 194 Å². The van der Waals surface area contributed by atoms with Gasteiger partial charge in [0.15, 0.2) is 0 Å². The monoisotopic (exact) mass is 1900 g/mol. The highest BCUT2D eigenvalue weighted by molar-refractivity contribution is 5.79. The van der Waals surface area contributed by atoms with E-state index in [1.165, 1.54) is 173 Å². The van der Waals surface area contributed by atoms with E-state index in [0.717, 1.165) is 70.6 Å². The Morgan fingerprint density at radius 2 is 0.432 bits per heavy atom. The van der Waals surface area contributed by atoms with E-state index in [9.17, 15) is 28.8 Å². The van der Waals surface area contributed by atoms with E-state index in [1.54, 1.807) is 0 Å². The Morgan fingerprint density at radius 3 is 0.644 bits per heavy atom. The molecule has 8 fully saturated rings. The molecule has 3 unspecified atom stereocenters. The van der Waals surface area contributed by atoms with E-state index >= 15 is 0 Å². The van der Waals surface area contributed by atoms with Crippen LogP contribution in [0.25, 0.3) is 0 Å². The summed E-state index contributed by atoms with van der Waals surface area (Å²) in [5.74, 6) is 2.75. The molecule has 0 aromatic rings. The fourth-order valence-corrected chi connectivity index (χ4v) is 17.0. The normalized spacial score (nSPS) is 19.4. The van der Waals surface area contributed by atoms with Crippen molar-refractivity contribution < 1.29 is 57.2 Å². The number of carbonyl (C=O) groups is 6. The summed E-state index contributed by atoms with van der Waals surface area (Å²) in [4.78, 5) is 73.3. The molecule has 8 aliphatic carbocycles. The molecular weight excluding hydrogens is 1630 g/mol. The number of esters is 6. The van der Waals surface area contributed by atoms with Gasteiger partial charge < -0.3 is 28.4 Å². The lowest BCUT2D eigenvalue weighted by atomic mass is 9.65.